The van der Waals surface area contributed by atoms with E-state index in [-0.39, 0.29) is 6.04 Å². The number of hydrogen-bond acceptors (Lipinski definition) is 3. The van der Waals surface area contributed by atoms with Gasteiger partial charge in [0.05, 0.1) is 0 Å². The van der Waals surface area contributed by atoms with Crippen molar-refractivity contribution in [2.45, 2.75) is 26.8 Å². The van der Waals surface area contributed by atoms with E-state index in [1.54, 1.807) is 0 Å². The van der Waals surface area contributed by atoms with Crippen molar-refractivity contribution in [3.05, 3.63) is 0 Å². The van der Waals surface area contributed by atoms with Gasteiger partial charge in [0.15, 0.2) is 0 Å². The van der Waals surface area contributed by atoms with Crippen molar-refractivity contribution >= 4 is 10.2 Å². The molecular formula is C9H21N3O2S. The number of nitrogens with one attached hydrogen (secondary N) is 2. The third-order valence-electron chi connectivity index (χ3n) is 2.35. The van der Waals surface area contributed by atoms with Crippen LogP contribution in [0.5, 0.6) is 0 Å². The molecule has 1 aliphatic rings. The Labute approximate surface area is 92.4 Å². The normalized spacial score (nSPS) is 24.7. The van der Waals surface area contributed by atoms with E-state index >= 15 is 0 Å². The first kappa shape index (κ1) is 12.9. The standard InChI is InChI=1S/C9H21N3O2S/c1-8(2)6-11-15(13,14)12-5-4-10-9(3)7-12/h8-11H,4-7H2,1-3H3/t9-/m0/s1. The van der Waals surface area contributed by atoms with Crippen LogP contribution in [0.4, 0.5) is 0 Å². The molecule has 1 heterocycles. The van der Waals surface area contributed by atoms with Gasteiger partial charge in [-0.05, 0) is 12.8 Å². The lowest BCUT2D eigenvalue weighted by Crippen LogP contribution is -2.54. The van der Waals surface area contributed by atoms with Crippen molar-refractivity contribution in [1.82, 2.24) is 14.3 Å². The lowest BCUT2D eigenvalue weighted by Gasteiger charge is -2.31. The maximum atomic E-state index is 11.8. The van der Waals surface area contributed by atoms with E-state index in [0.717, 1.165) is 6.54 Å². The molecule has 2 N–H and O–H groups in total. The summed E-state index contributed by atoms with van der Waals surface area (Å²) in [6.45, 7) is 8.30. The van der Waals surface area contributed by atoms with Gasteiger partial charge in [0, 0.05) is 32.2 Å². The fourth-order valence-corrected chi connectivity index (χ4v) is 2.96. The summed E-state index contributed by atoms with van der Waals surface area (Å²) in [5.74, 6) is 0.333. The van der Waals surface area contributed by atoms with Crippen LogP contribution in [-0.2, 0) is 10.2 Å². The summed E-state index contributed by atoms with van der Waals surface area (Å²) < 4.78 is 27.8. The van der Waals surface area contributed by atoms with Crippen molar-refractivity contribution < 1.29 is 8.42 Å². The van der Waals surface area contributed by atoms with Gasteiger partial charge in [-0.1, -0.05) is 13.8 Å². The molecule has 1 fully saturated rings. The molecule has 0 bridgehead atoms. The van der Waals surface area contributed by atoms with Gasteiger partial charge in [-0.2, -0.15) is 12.7 Å². The molecule has 5 nitrogen and oxygen atoms in total. The zero-order chi connectivity index (χ0) is 11.5. The van der Waals surface area contributed by atoms with Crippen LogP contribution in [0.2, 0.25) is 0 Å². The predicted molar refractivity (Wildman–Crippen MR) is 60.8 cm³/mol. The first-order valence-electron chi connectivity index (χ1n) is 5.40. The van der Waals surface area contributed by atoms with Crippen LogP contribution in [0.1, 0.15) is 20.8 Å². The molecule has 15 heavy (non-hydrogen) atoms. The number of nitrogens with zero attached hydrogens (tertiary/aromatic N) is 1. The average Bonchev–Trinajstić information content (AvgIpc) is 2.15. The number of rotatable bonds is 4. The molecule has 1 atom stereocenters. The molecule has 0 aromatic heterocycles. The van der Waals surface area contributed by atoms with Crippen LogP contribution < -0.4 is 10.0 Å². The van der Waals surface area contributed by atoms with Crippen molar-refractivity contribution in [2.75, 3.05) is 26.2 Å². The molecule has 6 heteroatoms. The maximum Gasteiger partial charge on any atom is 0.279 e. The topological polar surface area (TPSA) is 61.4 Å². The summed E-state index contributed by atoms with van der Waals surface area (Å²) in [5.41, 5.74) is 0. The highest BCUT2D eigenvalue weighted by Crippen LogP contribution is 2.04. The molecule has 1 rings (SSSR count). The average molecular weight is 235 g/mol. The van der Waals surface area contributed by atoms with Gasteiger partial charge in [0.25, 0.3) is 10.2 Å². The van der Waals surface area contributed by atoms with Gasteiger partial charge in [0.1, 0.15) is 0 Å². The second-order valence-electron chi connectivity index (χ2n) is 4.46. The highest BCUT2D eigenvalue weighted by molar-refractivity contribution is 7.87. The largest absolute Gasteiger partial charge is 0.312 e. The third kappa shape index (κ3) is 4.06. The van der Waals surface area contributed by atoms with E-state index in [9.17, 15) is 8.42 Å². The van der Waals surface area contributed by atoms with Crippen LogP contribution in [0.3, 0.4) is 0 Å². The van der Waals surface area contributed by atoms with E-state index in [4.69, 9.17) is 0 Å². The zero-order valence-electron chi connectivity index (χ0n) is 9.66. The van der Waals surface area contributed by atoms with Gasteiger partial charge in [-0.3, -0.25) is 0 Å². The minimum atomic E-state index is -3.27. The van der Waals surface area contributed by atoms with E-state index in [0.29, 0.717) is 25.6 Å². The molecule has 0 amide bonds. The second kappa shape index (κ2) is 5.25. The predicted octanol–water partition coefficient (Wildman–Crippen LogP) is -0.229. The monoisotopic (exact) mass is 235 g/mol. The van der Waals surface area contributed by atoms with Crippen molar-refractivity contribution in [3.8, 4) is 0 Å². The van der Waals surface area contributed by atoms with Gasteiger partial charge in [0.2, 0.25) is 0 Å². The Morgan fingerprint density at radius 3 is 2.73 bits per heavy atom. The van der Waals surface area contributed by atoms with E-state index in [2.05, 4.69) is 10.0 Å². The van der Waals surface area contributed by atoms with Gasteiger partial charge in [-0.25, -0.2) is 4.72 Å². The molecule has 0 unspecified atom stereocenters. The molecule has 0 aromatic rings. The van der Waals surface area contributed by atoms with Crippen LogP contribution in [0.25, 0.3) is 0 Å². The Hall–Kier alpha value is -0.170. The fourth-order valence-electron chi connectivity index (χ4n) is 1.48. The Balaban J connectivity index is 2.52. The number of hydrogen-bond donors (Lipinski definition) is 2. The first-order valence-corrected chi connectivity index (χ1v) is 6.84. The van der Waals surface area contributed by atoms with Crippen molar-refractivity contribution in [2.24, 2.45) is 5.92 Å². The Morgan fingerprint density at radius 1 is 1.53 bits per heavy atom. The molecule has 0 spiro atoms. The SMILES string of the molecule is CC(C)CNS(=O)(=O)N1CCN[C@@H](C)C1. The number of piperazine rings is 1. The van der Waals surface area contributed by atoms with E-state index < -0.39 is 10.2 Å². The van der Waals surface area contributed by atoms with Crippen molar-refractivity contribution in [1.29, 1.82) is 0 Å². The lowest BCUT2D eigenvalue weighted by molar-refractivity contribution is 0.306. The smallest absolute Gasteiger partial charge is 0.279 e. The van der Waals surface area contributed by atoms with Crippen LogP contribution in [0.15, 0.2) is 0 Å². The molecule has 1 aliphatic heterocycles. The molecule has 0 aliphatic carbocycles. The Kier molecular flexibility index (Phi) is 4.51. The Bertz CT molecular complexity index is 290. The molecule has 90 valence electrons. The quantitative estimate of drug-likeness (QED) is 0.707. The minimum absolute atomic E-state index is 0.231. The summed E-state index contributed by atoms with van der Waals surface area (Å²) in [7, 11) is -3.27. The summed E-state index contributed by atoms with van der Waals surface area (Å²) in [6, 6.07) is 0.231. The Morgan fingerprint density at radius 2 is 2.20 bits per heavy atom. The zero-order valence-corrected chi connectivity index (χ0v) is 10.5. The van der Waals surface area contributed by atoms with Crippen LogP contribution in [-0.4, -0.2) is 44.9 Å². The van der Waals surface area contributed by atoms with E-state index in [1.165, 1.54) is 4.31 Å². The molecule has 0 saturated carbocycles. The highest BCUT2D eigenvalue weighted by Gasteiger charge is 2.26. The van der Waals surface area contributed by atoms with Gasteiger partial charge >= 0.3 is 0 Å². The third-order valence-corrected chi connectivity index (χ3v) is 3.89. The maximum absolute atomic E-state index is 11.8. The van der Waals surface area contributed by atoms with Crippen molar-refractivity contribution in [3.63, 3.8) is 0 Å². The van der Waals surface area contributed by atoms with E-state index in [1.807, 2.05) is 20.8 Å². The summed E-state index contributed by atoms with van der Waals surface area (Å²) in [6.07, 6.45) is 0. The molecule has 1 saturated heterocycles. The first-order chi connectivity index (χ1) is 6.92. The minimum Gasteiger partial charge on any atom is -0.312 e. The second-order valence-corrected chi connectivity index (χ2v) is 6.22. The fraction of sp³-hybridized carbons (Fsp3) is 1.00. The summed E-state index contributed by atoms with van der Waals surface area (Å²) in [4.78, 5) is 0. The highest BCUT2D eigenvalue weighted by atomic mass is 32.2. The molecular weight excluding hydrogens is 214 g/mol. The van der Waals surface area contributed by atoms with Gasteiger partial charge in [-0.15, -0.1) is 0 Å². The summed E-state index contributed by atoms with van der Waals surface area (Å²) >= 11 is 0. The lowest BCUT2D eigenvalue weighted by atomic mass is 10.2. The molecule has 0 radical (unpaired) electrons. The molecule has 0 aromatic carbocycles. The van der Waals surface area contributed by atoms with Crippen LogP contribution >= 0.6 is 0 Å². The van der Waals surface area contributed by atoms with Crippen LogP contribution in [0, 0.1) is 5.92 Å². The summed E-state index contributed by atoms with van der Waals surface area (Å²) in [5, 5.41) is 3.22. The van der Waals surface area contributed by atoms with Gasteiger partial charge < -0.3 is 5.32 Å².